The fourth-order valence-electron chi connectivity index (χ4n) is 1.85. The lowest BCUT2D eigenvalue weighted by Gasteiger charge is -2.37. The SMILES string of the molecule is CC(CN)C(=O)N1CCC(C)(C(=O)O)CC1. The van der Waals surface area contributed by atoms with Crippen molar-refractivity contribution in [1.29, 1.82) is 0 Å². The maximum absolute atomic E-state index is 11.8. The molecule has 1 aliphatic heterocycles. The summed E-state index contributed by atoms with van der Waals surface area (Å²) in [4.78, 5) is 24.6. The molecule has 1 rings (SSSR count). The van der Waals surface area contributed by atoms with Gasteiger partial charge in [-0.2, -0.15) is 0 Å². The van der Waals surface area contributed by atoms with Crippen LogP contribution in [0, 0.1) is 11.3 Å². The van der Waals surface area contributed by atoms with Crippen LogP contribution in [0.25, 0.3) is 0 Å². The molecule has 3 N–H and O–H groups in total. The minimum atomic E-state index is -0.772. The van der Waals surface area contributed by atoms with Gasteiger partial charge in [-0.05, 0) is 19.8 Å². The summed E-state index contributed by atoms with van der Waals surface area (Å²) in [5.74, 6) is -0.907. The molecule has 1 atom stereocenters. The number of aliphatic carboxylic acids is 1. The summed E-state index contributed by atoms with van der Waals surface area (Å²) in [6.45, 7) is 4.92. The second kappa shape index (κ2) is 4.82. The number of piperidine rings is 1. The van der Waals surface area contributed by atoms with E-state index in [0.29, 0.717) is 32.5 Å². The third-order valence-electron chi connectivity index (χ3n) is 3.47. The van der Waals surface area contributed by atoms with E-state index in [0.717, 1.165) is 0 Å². The summed E-state index contributed by atoms with van der Waals surface area (Å²) < 4.78 is 0. The first-order chi connectivity index (χ1) is 7.40. The van der Waals surface area contributed by atoms with Gasteiger partial charge in [0.25, 0.3) is 0 Å². The minimum absolute atomic E-state index is 0.0370. The Balaban J connectivity index is 2.55. The lowest BCUT2D eigenvalue weighted by atomic mass is 9.80. The number of hydrogen-bond donors (Lipinski definition) is 2. The number of hydrogen-bond acceptors (Lipinski definition) is 3. The predicted molar refractivity (Wildman–Crippen MR) is 59.8 cm³/mol. The number of nitrogens with two attached hydrogens (primary N) is 1. The van der Waals surface area contributed by atoms with Crippen LogP contribution in [-0.2, 0) is 9.59 Å². The smallest absolute Gasteiger partial charge is 0.309 e. The van der Waals surface area contributed by atoms with E-state index in [1.807, 2.05) is 0 Å². The van der Waals surface area contributed by atoms with E-state index < -0.39 is 11.4 Å². The van der Waals surface area contributed by atoms with Gasteiger partial charge in [-0.3, -0.25) is 9.59 Å². The number of carboxylic acids is 1. The van der Waals surface area contributed by atoms with E-state index >= 15 is 0 Å². The minimum Gasteiger partial charge on any atom is -0.481 e. The number of carbonyl (C=O) groups is 2. The molecule has 1 heterocycles. The molecule has 16 heavy (non-hydrogen) atoms. The number of carbonyl (C=O) groups excluding carboxylic acids is 1. The molecule has 0 bridgehead atoms. The molecule has 0 aliphatic carbocycles. The Morgan fingerprint density at radius 3 is 2.31 bits per heavy atom. The standard InChI is InChI=1S/C11H20N2O3/c1-8(7-12)9(14)13-5-3-11(2,4-6-13)10(15)16/h8H,3-7,12H2,1-2H3,(H,15,16). The predicted octanol–water partition coefficient (Wildman–Crippen LogP) is 0.294. The quantitative estimate of drug-likeness (QED) is 0.727. The van der Waals surface area contributed by atoms with Crippen LogP contribution in [0.15, 0.2) is 0 Å². The molecule has 1 amide bonds. The van der Waals surface area contributed by atoms with Gasteiger partial charge >= 0.3 is 5.97 Å². The highest BCUT2D eigenvalue weighted by Crippen LogP contribution is 2.31. The highest BCUT2D eigenvalue weighted by molar-refractivity contribution is 5.79. The summed E-state index contributed by atoms with van der Waals surface area (Å²) in [6.07, 6.45) is 1.04. The van der Waals surface area contributed by atoms with Crippen molar-refractivity contribution in [3.05, 3.63) is 0 Å². The molecule has 0 aromatic rings. The van der Waals surface area contributed by atoms with E-state index in [4.69, 9.17) is 10.8 Å². The van der Waals surface area contributed by atoms with Gasteiger partial charge in [-0.1, -0.05) is 6.92 Å². The molecule has 0 radical (unpaired) electrons. The van der Waals surface area contributed by atoms with E-state index in [-0.39, 0.29) is 11.8 Å². The lowest BCUT2D eigenvalue weighted by Crippen LogP contribution is -2.47. The maximum atomic E-state index is 11.8. The van der Waals surface area contributed by atoms with E-state index in [2.05, 4.69) is 0 Å². The molecule has 0 spiro atoms. The first-order valence-corrected chi connectivity index (χ1v) is 5.63. The van der Waals surface area contributed by atoms with Gasteiger partial charge in [-0.25, -0.2) is 0 Å². The van der Waals surface area contributed by atoms with Crippen LogP contribution >= 0.6 is 0 Å². The van der Waals surface area contributed by atoms with Crippen molar-refractivity contribution in [2.45, 2.75) is 26.7 Å². The third kappa shape index (κ3) is 2.52. The zero-order valence-electron chi connectivity index (χ0n) is 9.90. The van der Waals surface area contributed by atoms with Gasteiger partial charge in [0.2, 0.25) is 5.91 Å². The molecule has 5 heteroatoms. The highest BCUT2D eigenvalue weighted by atomic mass is 16.4. The Labute approximate surface area is 95.6 Å². The van der Waals surface area contributed by atoms with E-state index in [1.54, 1.807) is 18.7 Å². The largest absolute Gasteiger partial charge is 0.481 e. The second-order valence-corrected chi connectivity index (χ2v) is 4.83. The Kier molecular flexibility index (Phi) is 3.91. The molecule has 1 aliphatic rings. The molecule has 0 saturated carbocycles. The van der Waals surface area contributed by atoms with Crippen LogP contribution in [0.2, 0.25) is 0 Å². The Morgan fingerprint density at radius 2 is 1.94 bits per heavy atom. The molecule has 5 nitrogen and oxygen atoms in total. The molecule has 1 saturated heterocycles. The second-order valence-electron chi connectivity index (χ2n) is 4.83. The van der Waals surface area contributed by atoms with Gasteiger partial charge in [0, 0.05) is 25.6 Å². The summed E-state index contributed by atoms with van der Waals surface area (Å²) in [7, 11) is 0. The topological polar surface area (TPSA) is 83.6 Å². The molecule has 92 valence electrons. The maximum Gasteiger partial charge on any atom is 0.309 e. The first kappa shape index (κ1) is 13.0. The summed E-state index contributed by atoms with van der Waals surface area (Å²) in [6, 6.07) is 0. The molecule has 1 fully saturated rings. The van der Waals surface area contributed by atoms with Crippen molar-refractivity contribution in [1.82, 2.24) is 4.90 Å². The van der Waals surface area contributed by atoms with Crippen molar-refractivity contribution >= 4 is 11.9 Å². The summed E-state index contributed by atoms with van der Waals surface area (Å²) >= 11 is 0. The van der Waals surface area contributed by atoms with Crippen molar-refractivity contribution in [2.24, 2.45) is 17.1 Å². The molecule has 1 unspecified atom stereocenters. The number of amides is 1. The molecular weight excluding hydrogens is 208 g/mol. The molecule has 0 aromatic carbocycles. The Morgan fingerprint density at radius 1 is 1.44 bits per heavy atom. The van der Waals surface area contributed by atoms with Gasteiger partial charge in [0.05, 0.1) is 5.41 Å². The van der Waals surface area contributed by atoms with Crippen LogP contribution in [0.4, 0.5) is 0 Å². The van der Waals surface area contributed by atoms with Crippen molar-refractivity contribution in [3.8, 4) is 0 Å². The normalized spacial score (nSPS) is 21.6. The van der Waals surface area contributed by atoms with Crippen LogP contribution in [0.1, 0.15) is 26.7 Å². The lowest BCUT2D eigenvalue weighted by molar-refractivity contribution is -0.153. The molecular formula is C11H20N2O3. The van der Waals surface area contributed by atoms with Crippen LogP contribution in [0.5, 0.6) is 0 Å². The first-order valence-electron chi connectivity index (χ1n) is 5.63. The zero-order valence-corrected chi connectivity index (χ0v) is 9.90. The average molecular weight is 228 g/mol. The van der Waals surface area contributed by atoms with E-state index in [9.17, 15) is 9.59 Å². The van der Waals surface area contributed by atoms with Crippen LogP contribution in [0.3, 0.4) is 0 Å². The number of nitrogens with zero attached hydrogens (tertiary/aromatic N) is 1. The van der Waals surface area contributed by atoms with E-state index in [1.165, 1.54) is 0 Å². The van der Waals surface area contributed by atoms with Crippen LogP contribution in [-0.4, -0.2) is 41.5 Å². The highest BCUT2D eigenvalue weighted by Gasteiger charge is 2.38. The third-order valence-corrected chi connectivity index (χ3v) is 3.47. The number of rotatable bonds is 3. The molecule has 0 aromatic heterocycles. The number of likely N-dealkylation sites (tertiary alicyclic amines) is 1. The number of carboxylic acid groups (broad SMARTS) is 1. The Hall–Kier alpha value is -1.10. The fourth-order valence-corrected chi connectivity index (χ4v) is 1.85. The van der Waals surface area contributed by atoms with Gasteiger partial charge in [0.1, 0.15) is 0 Å². The van der Waals surface area contributed by atoms with Crippen molar-refractivity contribution in [3.63, 3.8) is 0 Å². The van der Waals surface area contributed by atoms with Crippen molar-refractivity contribution in [2.75, 3.05) is 19.6 Å². The zero-order chi connectivity index (χ0) is 12.3. The summed E-state index contributed by atoms with van der Waals surface area (Å²) in [5, 5.41) is 9.05. The van der Waals surface area contributed by atoms with Gasteiger partial charge in [0.15, 0.2) is 0 Å². The van der Waals surface area contributed by atoms with Crippen LogP contribution < -0.4 is 5.73 Å². The Bertz CT molecular complexity index is 283. The van der Waals surface area contributed by atoms with Gasteiger partial charge < -0.3 is 15.7 Å². The average Bonchev–Trinajstić information content (AvgIpc) is 2.28. The monoisotopic (exact) mass is 228 g/mol. The van der Waals surface area contributed by atoms with Crippen molar-refractivity contribution < 1.29 is 14.7 Å². The van der Waals surface area contributed by atoms with Gasteiger partial charge in [-0.15, -0.1) is 0 Å². The fraction of sp³-hybridized carbons (Fsp3) is 0.818. The summed E-state index contributed by atoms with van der Waals surface area (Å²) in [5.41, 5.74) is 4.76.